The minimum Gasteiger partial charge on any atom is -0.343 e. The molecule has 0 unspecified atom stereocenters. The number of rotatable bonds is 3. The summed E-state index contributed by atoms with van der Waals surface area (Å²) >= 11 is 0. The highest BCUT2D eigenvalue weighted by atomic mass is 16.2. The van der Waals surface area contributed by atoms with E-state index in [0.717, 1.165) is 18.7 Å². The Bertz CT molecular complexity index is 487. The van der Waals surface area contributed by atoms with E-state index in [1.807, 2.05) is 49.1 Å². The maximum Gasteiger partial charge on any atom is 0.276 e. The van der Waals surface area contributed by atoms with Gasteiger partial charge >= 0.3 is 0 Å². The lowest BCUT2D eigenvalue weighted by Gasteiger charge is -2.19. The van der Waals surface area contributed by atoms with Crippen molar-refractivity contribution in [3.05, 3.63) is 41.6 Å². The molecule has 0 atom stereocenters. The van der Waals surface area contributed by atoms with Crippen molar-refractivity contribution in [1.29, 1.82) is 0 Å². The molecule has 0 bridgehead atoms. The molecule has 0 radical (unpaired) electrons. The van der Waals surface area contributed by atoms with Crippen molar-refractivity contribution in [3.63, 3.8) is 0 Å². The number of aliphatic imine (C=N–C) groups is 1. The molecule has 18 heavy (non-hydrogen) atoms. The standard InChI is InChI=1S/C14H17N3O/c1-3-17(4-2)14-15-12(13(18)16-14)10-11-8-6-5-7-9-11/h5-10H,3-4H2,1-2H3,(H,15,16,18)/b12-10-. The van der Waals surface area contributed by atoms with E-state index < -0.39 is 0 Å². The van der Waals surface area contributed by atoms with E-state index in [1.165, 1.54) is 0 Å². The van der Waals surface area contributed by atoms with Crippen LogP contribution in [0, 0.1) is 0 Å². The predicted molar refractivity (Wildman–Crippen MR) is 72.9 cm³/mol. The molecule has 4 heteroatoms. The van der Waals surface area contributed by atoms with Gasteiger partial charge in [-0.3, -0.25) is 10.1 Å². The molecule has 1 aromatic rings. The summed E-state index contributed by atoms with van der Waals surface area (Å²) in [5.41, 5.74) is 1.44. The average molecular weight is 243 g/mol. The first-order valence-electron chi connectivity index (χ1n) is 6.16. The van der Waals surface area contributed by atoms with Crippen LogP contribution in [0.1, 0.15) is 19.4 Å². The lowest BCUT2D eigenvalue weighted by molar-refractivity contribution is -0.115. The molecule has 0 saturated carbocycles. The van der Waals surface area contributed by atoms with Crippen LogP contribution in [0.4, 0.5) is 0 Å². The molecule has 0 saturated heterocycles. The number of hydrogen-bond acceptors (Lipinski definition) is 3. The van der Waals surface area contributed by atoms with Crippen molar-refractivity contribution >= 4 is 17.9 Å². The van der Waals surface area contributed by atoms with Gasteiger partial charge in [-0.25, -0.2) is 4.99 Å². The molecule has 4 nitrogen and oxygen atoms in total. The summed E-state index contributed by atoms with van der Waals surface area (Å²) in [7, 11) is 0. The first-order valence-corrected chi connectivity index (χ1v) is 6.16. The molecular formula is C14H17N3O. The molecule has 1 aliphatic heterocycles. The summed E-state index contributed by atoms with van der Waals surface area (Å²) in [4.78, 5) is 18.2. The van der Waals surface area contributed by atoms with Gasteiger partial charge in [0.25, 0.3) is 5.91 Å². The molecule has 94 valence electrons. The number of nitrogens with one attached hydrogen (secondary N) is 1. The second kappa shape index (κ2) is 5.49. The van der Waals surface area contributed by atoms with Crippen molar-refractivity contribution in [2.45, 2.75) is 13.8 Å². The fraction of sp³-hybridized carbons (Fsp3) is 0.286. The Hall–Kier alpha value is -2.10. The number of carbonyl (C=O) groups excluding carboxylic acids is 1. The minimum atomic E-state index is -0.138. The Morgan fingerprint density at radius 3 is 2.50 bits per heavy atom. The molecule has 1 aliphatic rings. The topological polar surface area (TPSA) is 44.7 Å². The molecule has 1 heterocycles. The lowest BCUT2D eigenvalue weighted by atomic mass is 10.2. The molecule has 0 aromatic heterocycles. The van der Waals surface area contributed by atoms with E-state index in [9.17, 15) is 4.79 Å². The SMILES string of the molecule is CCN(CC)C1=N/C(=C\c2ccccc2)C(=O)N1. The number of guanidine groups is 1. The lowest BCUT2D eigenvalue weighted by Crippen LogP contribution is -2.40. The fourth-order valence-corrected chi connectivity index (χ4v) is 1.84. The van der Waals surface area contributed by atoms with E-state index in [1.54, 1.807) is 6.08 Å². The third-order valence-electron chi connectivity index (χ3n) is 2.85. The van der Waals surface area contributed by atoms with Gasteiger partial charge in [-0.15, -0.1) is 0 Å². The first kappa shape index (κ1) is 12.4. The van der Waals surface area contributed by atoms with Gasteiger partial charge < -0.3 is 4.90 Å². The van der Waals surface area contributed by atoms with Crippen molar-refractivity contribution in [1.82, 2.24) is 10.2 Å². The highest BCUT2D eigenvalue weighted by Crippen LogP contribution is 2.12. The van der Waals surface area contributed by atoms with E-state index in [2.05, 4.69) is 10.3 Å². The van der Waals surface area contributed by atoms with Crippen LogP contribution in [0.2, 0.25) is 0 Å². The minimum absolute atomic E-state index is 0.138. The molecular weight excluding hydrogens is 226 g/mol. The van der Waals surface area contributed by atoms with Crippen molar-refractivity contribution in [2.24, 2.45) is 4.99 Å². The summed E-state index contributed by atoms with van der Waals surface area (Å²) in [6.07, 6.45) is 1.80. The van der Waals surface area contributed by atoms with Crippen LogP contribution in [-0.2, 0) is 4.79 Å². The van der Waals surface area contributed by atoms with Gasteiger partial charge in [0.15, 0.2) is 0 Å². The van der Waals surface area contributed by atoms with Crippen LogP contribution in [0.25, 0.3) is 6.08 Å². The zero-order valence-corrected chi connectivity index (χ0v) is 10.7. The molecule has 1 N–H and O–H groups in total. The first-order chi connectivity index (χ1) is 8.74. The fourth-order valence-electron chi connectivity index (χ4n) is 1.84. The van der Waals surface area contributed by atoms with E-state index in [4.69, 9.17) is 0 Å². The third kappa shape index (κ3) is 2.59. The van der Waals surface area contributed by atoms with Crippen LogP contribution in [0.3, 0.4) is 0 Å². The Morgan fingerprint density at radius 1 is 1.22 bits per heavy atom. The second-order valence-electron chi connectivity index (χ2n) is 4.00. The molecule has 1 aromatic carbocycles. The highest BCUT2D eigenvalue weighted by molar-refractivity contribution is 6.13. The van der Waals surface area contributed by atoms with Gasteiger partial charge in [0.05, 0.1) is 0 Å². The normalized spacial score (nSPS) is 16.7. The number of hydrogen-bond donors (Lipinski definition) is 1. The van der Waals surface area contributed by atoms with Crippen LogP contribution in [0.15, 0.2) is 41.0 Å². The largest absolute Gasteiger partial charge is 0.343 e. The van der Waals surface area contributed by atoms with Crippen molar-refractivity contribution < 1.29 is 4.79 Å². The van der Waals surface area contributed by atoms with E-state index in [-0.39, 0.29) is 5.91 Å². The Morgan fingerprint density at radius 2 is 1.89 bits per heavy atom. The van der Waals surface area contributed by atoms with Crippen LogP contribution < -0.4 is 5.32 Å². The molecule has 2 rings (SSSR count). The molecule has 0 fully saturated rings. The zero-order chi connectivity index (χ0) is 13.0. The van der Waals surface area contributed by atoms with Gasteiger partial charge in [-0.1, -0.05) is 30.3 Å². The van der Waals surface area contributed by atoms with Gasteiger partial charge in [0.2, 0.25) is 5.96 Å². The molecule has 0 spiro atoms. The second-order valence-corrected chi connectivity index (χ2v) is 4.00. The van der Waals surface area contributed by atoms with Crippen molar-refractivity contribution in [2.75, 3.05) is 13.1 Å². The van der Waals surface area contributed by atoms with Gasteiger partial charge in [0.1, 0.15) is 5.70 Å². The predicted octanol–water partition coefficient (Wildman–Crippen LogP) is 1.86. The quantitative estimate of drug-likeness (QED) is 0.823. The monoisotopic (exact) mass is 243 g/mol. The Kier molecular flexibility index (Phi) is 3.77. The van der Waals surface area contributed by atoms with Gasteiger partial charge in [-0.05, 0) is 25.5 Å². The van der Waals surface area contributed by atoms with E-state index in [0.29, 0.717) is 11.7 Å². The summed E-state index contributed by atoms with van der Waals surface area (Å²) in [5, 5.41) is 2.79. The zero-order valence-electron chi connectivity index (χ0n) is 10.7. The summed E-state index contributed by atoms with van der Waals surface area (Å²) in [6, 6.07) is 9.72. The van der Waals surface area contributed by atoms with Gasteiger partial charge in [-0.2, -0.15) is 0 Å². The van der Waals surface area contributed by atoms with Crippen LogP contribution >= 0.6 is 0 Å². The average Bonchev–Trinajstić information content (AvgIpc) is 2.74. The maximum absolute atomic E-state index is 11.8. The Labute approximate surface area is 107 Å². The number of amides is 1. The summed E-state index contributed by atoms with van der Waals surface area (Å²) in [5.74, 6) is 0.507. The summed E-state index contributed by atoms with van der Waals surface area (Å²) in [6.45, 7) is 5.73. The number of carbonyl (C=O) groups is 1. The van der Waals surface area contributed by atoms with Crippen molar-refractivity contribution in [3.8, 4) is 0 Å². The molecule has 1 amide bonds. The van der Waals surface area contributed by atoms with E-state index >= 15 is 0 Å². The van der Waals surface area contributed by atoms with Gasteiger partial charge in [0, 0.05) is 13.1 Å². The third-order valence-corrected chi connectivity index (χ3v) is 2.85. The smallest absolute Gasteiger partial charge is 0.276 e. The molecule has 0 aliphatic carbocycles. The maximum atomic E-state index is 11.8. The van der Waals surface area contributed by atoms with Crippen LogP contribution in [-0.4, -0.2) is 29.9 Å². The Balaban J connectivity index is 2.24. The van der Waals surface area contributed by atoms with Crippen LogP contribution in [0.5, 0.6) is 0 Å². The number of benzene rings is 1. The number of nitrogens with zero attached hydrogens (tertiary/aromatic N) is 2. The highest BCUT2D eigenvalue weighted by Gasteiger charge is 2.22. The summed E-state index contributed by atoms with van der Waals surface area (Å²) < 4.78 is 0.